The van der Waals surface area contributed by atoms with E-state index in [-0.39, 0.29) is 12.5 Å². The highest BCUT2D eigenvalue weighted by Crippen LogP contribution is 2.18. The minimum absolute atomic E-state index is 0.125. The largest absolute Gasteiger partial charge is 0.411 e. The molecular weight excluding hydrogens is 335 g/mol. The number of hydrogen-bond acceptors (Lipinski definition) is 2. The Hall–Kier alpha value is -0.590. The van der Waals surface area contributed by atoms with E-state index in [4.69, 9.17) is 0 Å². The maximum Gasteiger partial charge on any atom is 0.411 e. The molecule has 0 heterocycles. The van der Waals surface area contributed by atoms with Crippen molar-refractivity contribution in [1.29, 1.82) is 0 Å². The highest BCUT2D eigenvalue weighted by atomic mass is 79.9. The third-order valence-corrected chi connectivity index (χ3v) is 3.34. The van der Waals surface area contributed by atoms with Gasteiger partial charge in [-0.1, -0.05) is 28.1 Å². The van der Waals surface area contributed by atoms with E-state index >= 15 is 0 Å². The van der Waals surface area contributed by atoms with Crippen molar-refractivity contribution in [3.63, 3.8) is 0 Å². The number of benzene rings is 1. The smallest absolute Gasteiger partial charge is 0.372 e. The van der Waals surface area contributed by atoms with Crippen LogP contribution in [0, 0.1) is 5.92 Å². The molecule has 0 aliphatic heterocycles. The van der Waals surface area contributed by atoms with Crippen LogP contribution in [-0.4, -0.2) is 33.0 Å². The minimum Gasteiger partial charge on any atom is -0.372 e. The Morgan fingerprint density at radius 2 is 2.10 bits per heavy atom. The fourth-order valence-electron chi connectivity index (χ4n) is 2.00. The van der Waals surface area contributed by atoms with Crippen LogP contribution >= 0.6 is 15.9 Å². The second-order valence-electron chi connectivity index (χ2n) is 4.71. The van der Waals surface area contributed by atoms with Crippen LogP contribution in [0.25, 0.3) is 0 Å². The monoisotopic (exact) mass is 353 g/mol. The average Bonchev–Trinajstić information content (AvgIpc) is 2.33. The summed E-state index contributed by atoms with van der Waals surface area (Å²) in [6.07, 6.45) is -2.83. The van der Waals surface area contributed by atoms with Crippen molar-refractivity contribution in [2.24, 2.45) is 5.92 Å². The highest BCUT2D eigenvalue weighted by molar-refractivity contribution is 9.10. The lowest BCUT2D eigenvalue weighted by Crippen LogP contribution is -2.24. The lowest BCUT2D eigenvalue weighted by Gasteiger charge is -2.17. The Morgan fingerprint density at radius 1 is 1.35 bits per heavy atom. The maximum absolute atomic E-state index is 12.0. The molecule has 0 aliphatic rings. The van der Waals surface area contributed by atoms with Gasteiger partial charge in [0.2, 0.25) is 0 Å². The van der Waals surface area contributed by atoms with Crippen LogP contribution in [0.1, 0.15) is 12.0 Å². The van der Waals surface area contributed by atoms with Crippen LogP contribution in [0.5, 0.6) is 0 Å². The molecule has 1 rings (SSSR count). The number of ether oxygens (including phenoxy) is 1. The molecule has 1 aromatic rings. The van der Waals surface area contributed by atoms with Crippen LogP contribution in [0.2, 0.25) is 0 Å². The highest BCUT2D eigenvalue weighted by Gasteiger charge is 2.27. The van der Waals surface area contributed by atoms with Crippen molar-refractivity contribution in [2.45, 2.75) is 19.0 Å². The van der Waals surface area contributed by atoms with Gasteiger partial charge in [-0.05, 0) is 50.0 Å². The quantitative estimate of drug-likeness (QED) is 0.717. The van der Waals surface area contributed by atoms with Crippen LogP contribution in [0.3, 0.4) is 0 Å². The van der Waals surface area contributed by atoms with Crippen LogP contribution in [0.15, 0.2) is 28.7 Å². The van der Waals surface area contributed by atoms with E-state index in [1.165, 1.54) is 0 Å². The molecule has 0 radical (unpaired) electrons. The fourth-order valence-corrected chi connectivity index (χ4v) is 2.45. The molecule has 1 N–H and O–H groups in total. The van der Waals surface area contributed by atoms with Gasteiger partial charge in [-0.2, -0.15) is 13.2 Å². The molecule has 2 nitrogen and oxygen atoms in total. The fraction of sp³-hybridized carbons (Fsp3) is 0.571. The summed E-state index contributed by atoms with van der Waals surface area (Å²) in [6.45, 7) is -0.294. The second-order valence-corrected chi connectivity index (χ2v) is 5.63. The van der Waals surface area contributed by atoms with Crippen molar-refractivity contribution in [3.8, 4) is 0 Å². The lowest BCUT2D eigenvalue weighted by molar-refractivity contribution is -0.174. The number of halogens is 4. The zero-order chi connectivity index (χ0) is 15.0. The Balaban J connectivity index is 2.40. The maximum atomic E-state index is 12.0. The molecule has 1 atom stereocenters. The molecule has 0 aliphatic carbocycles. The summed E-state index contributed by atoms with van der Waals surface area (Å²) < 4.78 is 41.6. The number of nitrogens with one attached hydrogen (secondary N) is 1. The van der Waals surface area contributed by atoms with Gasteiger partial charge in [-0.25, -0.2) is 0 Å². The Labute approximate surface area is 125 Å². The molecule has 114 valence electrons. The normalized spacial score (nSPS) is 13.4. The molecule has 0 aromatic heterocycles. The van der Waals surface area contributed by atoms with Crippen LogP contribution < -0.4 is 5.32 Å². The van der Waals surface area contributed by atoms with Gasteiger partial charge in [-0.3, -0.25) is 0 Å². The van der Waals surface area contributed by atoms with E-state index < -0.39 is 12.8 Å². The molecule has 1 aromatic carbocycles. The lowest BCUT2D eigenvalue weighted by atomic mass is 9.96. The van der Waals surface area contributed by atoms with Crippen molar-refractivity contribution in [2.75, 3.05) is 26.8 Å². The predicted molar refractivity (Wildman–Crippen MR) is 76.8 cm³/mol. The zero-order valence-electron chi connectivity index (χ0n) is 11.3. The molecule has 0 fully saturated rings. The van der Waals surface area contributed by atoms with E-state index in [0.717, 1.165) is 23.0 Å². The molecule has 0 amide bonds. The average molecular weight is 354 g/mol. The van der Waals surface area contributed by atoms with Gasteiger partial charge in [0.15, 0.2) is 0 Å². The van der Waals surface area contributed by atoms with Crippen molar-refractivity contribution >= 4 is 15.9 Å². The summed E-state index contributed by atoms with van der Waals surface area (Å²) >= 11 is 3.41. The minimum atomic E-state index is -4.25. The van der Waals surface area contributed by atoms with Gasteiger partial charge >= 0.3 is 6.18 Å². The molecule has 1 unspecified atom stereocenters. The van der Waals surface area contributed by atoms with Crippen molar-refractivity contribution in [1.82, 2.24) is 5.32 Å². The Morgan fingerprint density at radius 3 is 2.70 bits per heavy atom. The first-order valence-corrected chi connectivity index (χ1v) is 7.23. The molecule has 0 saturated heterocycles. The SMILES string of the molecule is CNCC(CCOCC(F)(F)F)Cc1cccc(Br)c1. The van der Waals surface area contributed by atoms with Crippen molar-refractivity contribution in [3.05, 3.63) is 34.3 Å². The van der Waals surface area contributed by atoms with E-state index in [1.807, 2.05) is 31.3 Å². The summed E-state index contributed by atoms with van der Waals surface area (Å²) in [5, 5.41) is 3.07. The van der Waals surface area contributed by atoms with Gasteiger partial charge in [-0.15, -0.1) is 0 Å². The zero-order valence-corrected chi connectivity index (χ0v) is 12.9. The van der Waals surface area contributed by atoms with E-state index in [0.29, 0.717) is 6.42 Å². The van der Waals surface area contributed by atoms with Crippen LogP contribution in [-0.2, 0) is 11.2 Å². The van der Waals surface area contributed by atoms with E-state index in [9.17, 15) is 13.2 Å². The third kappa shape index (κ3) is 7.87. The van der Waals surface area contributed by atoms with Gasteiger partial charge in [0, 0.05) is 11.1 Å². The summed E-state index contributed by atoms with van der Waals surface area (Å²) in [5.41, 5.74) is 1.16. The third-order valence-electron chi connectivity index (χ3n) is 2.84. The summed E-state index contributed by atoms with van der Waals surface area (Å²) in [5.74, 6) is 0.252. The first kappa shape index (κ1) is 17.5. The summed E-state index contributed by atoms with van der Waals surface area (Å²) in [7, 11) is 1.84. The number of hydrogen-bond donors (Lipinski definition) is 1. The first-order valence-electron chi connectivity index (χ1n) is 6.44. The molecule has 6 heteroatoms. The molecule has 20 heavy (non-hydrogen) atoms. The Kier molecular flexibility index (Phi) is 7.55. The predicted octanol–water partition coefficient (Wildman–Crippen LogP) is 3.80. The molecular formula is C14H19BrF3NO. The standard InChI is InChI=1S/C14H19BrF3NO/c1-19-9-12(5-6-20-10-14(16,17)18)7-11-3-2-4-13(15)8-11/h2-4,8,12,19H,5-7,9-10H2,1H3. The Bertz CT molecular complexity index is 398. The van der Waals surface area contributed by atoms with Crippen LogP contribution in [0.4, 0.5) is 13.2 Å². The number of alkyl halides is 3. The second kappa shape index (κ2) is 8.64. The van der Waals surface area contributed by atoms with Gasteiger partial charge < -0.3 is 10.1 Å². The molecule has 0 saturated carbocycles. The van der Waals surface area contributed by atoms with Gasteiger partial charge in [0.25, 0.3) is 0 Å². The van der Waals surface area contributed by atoms with E-state index in [2.05, 4.69) is 26.0 Å². The summed E-state index contributed by atoms with van der Waals surface area (Å²) in [4.78, 5) is 0. The molecule has 0 spiro atoms. The topological polar surface area (TPSA) is 21.3 Å². The number of rotatable bonds is 8. The van der Waals surface area contributed by atoms with Crippen molar-refractivity contribution < 1.29 is 17.9 Å². The van der Waals surface area contributed by atoms with Gasteiger partial charge in [0.05, 0.1) is 0 Å². The first-order chi connectivity index (χ1) is 9.40. The van der Waals surface area contributed by atoms with Gasteiger partial charge in [0.1, 0.15) is 6.61 Å². The molecule has 0 bridgehead atoms. The summed E-state index contributed by atoms with van der Waals surface area (Å²) in [6, 6.07) is 7.95. The van der Waals surface area contributed by atoms with E-state index in [1.54, 1.807) is 0 Å².